The summed E-state index contributed by atoms with van der Waals surface area (Å²) in [6.07, 6.45) is -3.70. The number of carbonyl (C=O) groups is 1. The van der Waals surface area contributed by atoms with E-state index in [2.05, 4.69) is 0 Å². The van der Waals surface area contributed by atoms with E-state index < -0.39 is 17.1 Å². The molecular weight excluding hydrogens is 279 g/mol. The van der Waals surface area contributed by atoms with Crippen LogP contribution in [0.3, 0.4) is 0 Å². The number of benzene rings is 1. The molecule has 0 radical (unpaired) electrons. The van der Waals surface area contributed by atoms with E-state index in [1.165, 1.54) is 17.0 Å². The number of alkyl halides is 4. The van der Waals surface area contributed by atoms with Crippen LogP contribution in [0.25, 0.3) is 0 Å². The van der Waals surface area contributed by atoms with E-state index in [1.807, 2.05) is 6.92 Å². The average Bonchev–Trinajstić information content (AvgIpc) is 2.65. The van der Waals surface area contributed by atoms with Gasteiger partial charge in [0.1, 0.15) is 5.38 Å². The molecule has 1 aromatic carbocycles. The molecule has 6 heteroatoms. The number of amides is 1. The molecule has 2 nitrogen and oxygen atoms in total. The molecule has 2 atom stereocenters. The van der Waals surface area contributed by atoms with E-state index in [0.717, 1.165) is 18.6 Å². The number of carbonyl (C=O) groups excluding carboxylic acids is 1. The summed E-state index contributed by atoms with van der Waals surface area (Å²) in [5, 5.41) is -0.653. The van der Waals surface area contributed by atoms with Crippen molar-refractivity contribution in [1.82, 2.24) is 0 Å². The molecule has 1 heterocycles. The first-order chi connectivity index (χ1) is 8.84. The van der Waals surface area contributed by atoms with E-state index in [4.69, 9.17) is 11.6 Å². The molecule has 1 saturated heterocycles. The van der Waals surface area contributed by atoms with E-state index in [1.54, 1.807) is 0 Å². The molecule has 0 N–H and O–H groups in total. The summed E-state index contributed by atoms with van der Waals surface area (Å²) in [5.41, 5.74) is -0.509. The van der Waals surface area contributed by atoms with Gasteiger partial charge in [0, 0.05) is 18.2 Å². The first-order valence-corrected chi connectivity index (χ1v) is 6.41. The van der Waals surface area contributed by atoms with Crippen molar-refractivity contribution in [3.63, 3.8) is 0 Å². The maximum absolute atomic E-state index is 12.6. The molecule has 104 valence electrons. The van der Waals surface area contributed by atoms with Gasteiger partial charge in [-0.15, -0.1) is 11.6 Å². The number of rotatable bonds is 2. The van der Waals surface area contributed by atoms with Crippen LogP contribution in [0, 0.1) is 5.92 Å². The Bertz CT molecular complexity index is 489. The van der Waals surface area contributed by atoms with Crippen LogP contribution in [0.2, 0.25) is 0 Å². The van der Waals surface area contributed by atoms with Gasteiger partial charge in [0.05, 0.1) is 5.56 Å². The highest BCUT2D eigenvalue weighted by atomic mass is 35.5. The first kappa shape index (κ1) is 14.2. The molecule has 0 aromatic heterocycles. The van der Waals surface area contributed by atoms with Gasteiger partial charge in [-0.1, -0.05) is 13.0 Å². The molecule has 1 aromatic rings. The molecule has 0 aliphatic carbocycles. The van der Waals surface area contributed by atoms with Gasteiger partial charge in [-0.3, -0.25) is 4.79 Å². The Hall–Kier alpha value is -1.23. The largest absolute Gasteiger partial charge is 0.416 e. The lowest BCUT2D eigenvalue weighted by Crippen LogP contribution is -2.27. The quantitative estimate of drug-likeness (QED) is 0.761. The summed E-state index contributed by atoms with van der Waals surface area (Å²) in [7, 11) is 0. The maximum Gasteiger partial charge on any atom is 0.416 e. The maximum atomic E-state index is 12.6. The number of halogens is 4. The van der Waals surface area contributed by atoms with E-state index >= 15 is 0 Å². The molecule has 0 saturated carbocycles. The summed E-state index contributed by atoms with van der Waals surface area (Å²) in [5.74, 6) is -0.350. The topological polar surface area (TPSA) is 20.3 Å². The zero-order valence-corrected chi connectivity index (χ0v) is 11.0. The second-order valence-electron chi connectivity index (χ2n) is 4.57. The lowest BCUT2D eigenvalue weighted by atomic mass is 10.1. The third kappa shape index (κ3) is 2.71. The minimum absolute atomic E-state index is 0.0243. The van der Waals surface area contributed by atoms with E-state index in [-0.39, 0.29) is 17.5 Å². The zero-order valence-electron chi connectivity index (χ0n) is 10.2. The summed E-state index contributed by atoms with van der Waals surface area (Å²) in [4.78, 5) is 13.3. The molecule has 0 spiro atoms. The molecule has 1 aliphatic rings. The third-order valence-corrected chi connectivity index (χ3v) is 3.89. The van der Waals surface area contributed by atoms with Crippen molar-refractivity contribution in [2.75, 3.05) is 11.4 Å². The fraction of sp³-hybridized carbons (Fsp3) is 0.462. The lowest BCUT2D eigenvalue weighted by Gasteiger charge is -2.18. The summed E-state index contributed by atoms with van der Waals surface area (Å²) < 4.78 is 37.9. The van der Waals surface area contributed by atoms with Crippen molar-refractivity contribution in [3.8, 4) is 0 Å². The molecule has 2 unspecified atom stereocenters. The molecule has 2 rings (SSSR count). The Balaban J connectivity index is 2.31. The van der Waals surface area contributed by atoms with Crippen molar-refractivity contribution in [1.29, 1.82) is 0 Å². The van der Waals surface area contributed by atoms with Gasteiger partial charge < -0.3 is 4.90 Å². The number of hydrogen-bond donors (Lipinski definition) is 0. The van der Waals surface area contributed by atoms with Gasteiger partial charge in [0.2, 0.25) is 5.91 Å². The minimum Gasteiger partial charge on any atom is -0.311 e. The monoisotopic (exact) mass is 291 g/mol. The third-order valence-electron chi connectivity index (χ3n) is 3.34. The fourth-order valence-electron chi connectivity index (χ4n) is 2.19. The van der Waals surface area contributed by atoms with Crippen molar-refractivity contribution >= 4 is 23.2 Å². The Morgan fingerprint density at radius 2 is 2.11 bits per heavy atom. The van der Waals surface area contributed by atoms with Crippen molar-refractivity contribution in [2.24, 2.45) is 5.92 Å². The van der Waals surface area contributed by atoms with Gasteiger partial charge >= 0.3 is 6.18 Å². The zero-order chi connectivity index (χ0) is 14.2. The molecular formula is C13H13ClF3NO. The fourth-order valence-corrected chi connectivity index (χ4v) is 2.56. The van der Waals surface area contributed by atoms with Gasteiger partial charge in [0.15, 0.2) is 0 Å². The predicted octanol–water partition coefficient (Wildman–Crippen LogP) is 3.69. The van der Waals surface area contributed by atoms with Crippen LogP contribution in [-0.2, 0) is 11.0 Å². The van der Waals surface area contributed by atoms with Gasteiger partial charge in [-0.25, -0.2) is 0 Å². The van der Waals surface area contributed by atoms with Crippen molar-refractivity contribution < 1.29 is 18.0 Å². The smallest absolute Gasteiger partial charge is 0.311 e. The highest BCUT2D eigenvalue weighted by molar-refractivity contribution is 6.34. The van der Waals surface area contributed by atoms with E-state index in [9.17, 15) is 18.0 Å². The minimum atomic E-state index is -4.41. The highest BCUT2D eigenvalue weighted by Crippen LogP contribution is 2.35. The second kappa shape index (κ2) is 5.04. The average molecular weight is 292 g/mol. The van der Waals surface area contributed by atoms with Crippen molar-refractivity contribution in [3.05, 3.63) is 29.8 Å². The van der Waals surface area contributed by atoms with Gasteiger partial charge in [0.25, 0.3) is 0 Å². The Morgan fingerprint density at radius 3 is 2.63 bits per heavy atom. The Morgan fingerprint density at radius 1 is 1.42 bits per heavy atom. The van der Waals surface area contributed by atoms with Crippen molar-refractivity contribution in [2.45, 2.75) is 24.9 Å². The summed E-state index contributed by atoms with van der Waals surface area (Å²) in [6, 6.07) is 4.77. The van der Waals surface area contributed by atoms with Crippen LogP contribution >= 0.6 is 11.6 Å². The number of anilines is 1. The Labute approximate surface area is 114 Å². The normalized spacial score (nSPS) is 24.1. The van der Waals surface area contributed by atoms with Crippen LogP contribution in [0.15, 0.2) is 24.3 Å². The van der Waals surface area contributed by atoms with Gasteiger partial charge in [-0.2, -0.15) is 13.2 Å². The SMILES string of the molecule is CCC1CN(c2cccc(C(F)(F)F)c2)C(=O)C1Cl. The summed E-state index contributed by atoms with van der Waals surface area (Å²) >= 11 is 5.99. The standard InChI is InChI=1S/C13H13ClF3NO/c1-2-8-7-18(12(19)11(8)14)10-5-3-4-9(6-10)13(15,16)17/h3-6,8,11H,2,7H2,1H3. The first-order valence-electron chi connectivity index (χ1n) is 5.97. The number of nitrogens with zero attached hydrogens (tertiary/aromatic N) is 1. The molecule has 1 aliphatic heterocycles. The molecule has 19 heavy (non-hydrogen) atoms. The molecule has 1 fully saturated rings. The van der Waals surface area contributed by atoms with Crippen LogP contribution in [0.1, 0.15) is 18.9 Å². The number of hydrogen-bond acceptors (Lipinski definition) is 1. The molecule has 1 amide bonds. The van der Waals surface area contributed by atoms with E-state index in [0.29, 0.717) is 6.54 Å². The lowest BCUT2D eigenvalue weighted by molar-refractivity contribution is -0.137. The molecule has 0 bridgehead atoms. The van der Waals surface area contributed by atoms with Gasteiger partial charge in [-0.05, 0) is 24.6 Å². The highest BCUT2D eigenvalue weighted by Gasteiger charge is 2.39. The predicted molar refractivity (Wildman–Crippen MR) is 67.2 cm³/mol. The Kier molecular flexibility index (Phi) is 3.76. The van der Waals surface area contributed by atoms with Crippen LogP contribution in [0.5, 0.6) is 0 Å². The van der Waals surface area contributed by atoms with Crippen LogP contribution < -0.4 is 4.90 Å². The summed E-state index contributed by atoms with van der Waals surface area (Å²) in [6.45, 7) is 2.27. The second-order valence-corrected chi connectivity index (χ2v) is 5.04. The van der Waals surface area contributed by atoms with Crippen LogP contribution in [-0.4, -0.2) is 17.8 Å². The van der Waals surface area contributed by atoms with Crippen LogP contribution in [0.4, 0.5) is 18.9 Å².